The van der Waals surface area contributed by atoms with E-state index >= 15 is 0 Å². The van der Waals surface area contributed by atoms with Crippen LogP contribution >= 0.6 is 23.2 Å². The minimum Gasteiger partial charge on any atom is -0.481 e. The predicted octanol–water partition coefficient (Wildman–Crippen LogP) is 3.99. The van der Waals surface area contributed by atoms with Gasteiger partial charge in [-0.1, -0.05) is 47.5 Å². The van der Waals surface area contributed by atoms with Crippen molar-refractivity contribution in [1.82, 2.24) is 0 Å². The molecule has 0 aliphatic rings. The second-order valence-corrected chi connectivity index (χ2v) is 5.26. The molecule has 1 unspecified atom stereocenters. The highest BCUT2D eigenvalue weighted by Gasteiger charge is 2.21. The Labute approximate surface area is 126 Å². The van der Waals surface area contributed by atoms with Gasteiger partial charge in [0.05, 0.1) is 16.0 Å². The molecule has 2 aromatic rings. The highest BCUT2D eigenvalue weighted by Crippen LogP contribution is 2.30. The monoisotopic (exact) mass is 309 g/mol. The summed E-state index contributed by atoms with van der Waals surface area (Å²) in [5.74, 6) is -1.60. The van der Waals surface area contributed by atoms with Crippen LogP contribution < -0.4 is 5.73 Å². The van der Waals surface area contributed by atoms with E-state index in [0.717, 1.165) is 0 Å². The van der Waals surface area contributed by atoms with E-state index in [-0.39, 0.29) is 6.42 Å². The molecule has 0 aliphatic carbocycles. The van der Waals surface area contributed by atoms with Gasteiger partial charge in [0.1, 0.15) is 0 Å². The zero-order valence-electron chi connectivity index (χ0n) is 10.5. The van der Waals surface area contributed by atoms with Crippen molar-refractivity contribution in [2.24, 2.45) is 0 Å². The molecule has 3 nitrogen and oxygen atoms in total. The maximum Gasteiger partial charge on any atom is 0.311 e. The van der Waals surface area contributed by atoms with E-state index in [9.17, 15) is 9.90 Å². The number of nitrogens with two attached hydrogens (primary N) is 1. The lowest BCUT2D eigenvalue weighted by atomic mass is 9.92. The molecule has 0 aliphatic heterocycles. The van der Waals surface area contributed by atoms with Gasteiger partial charge in [-0.25, -0.2) is 0 Å². The molecule has 0 saturated heterocycles. The van der Waals surface area contributed by atoms with Crippen molar-refractivity contribution in [1.29, 1.82) is 0 Å². The van der Waals surface area contributed by atoms with Gasteiger partial charge in [0.25, 0.3) is 0 Å². The molecule has 104 valence electrons. The zero-order valence-corrected chi connectivity index (χ0v) is 12.0. The van der Waals surface area contributed by atoms with Gasteiger partial charge in [-0.15, -0.1) is 0 Å². The first-order valence-electron chi connectivity index (χ1n) is 6.00. The lowest BCUT2D eigenvalue weighted by molar-refractivity contribution is -0.138. The van der Waals surface area contributed by atoms with Crippen LogP contribution in [-0.2, 0) is 11.2 Å². The third-order valence-electron chi connectivity index (χ3n) is 3.09. The predicted molar refractivity (Wildman–Crippen MR) is 81.4 cm³/mol. The standard InChI is InChI=1S/C15H13Cl2NO2/c16-13-3-1-2-10(14(13)17)8-12(15(19)20)9-4-6-11(18)7-5-9/h1-7,12H,8,18H2,(H,19,20). The van der Waals surface area contributed by atoms with Gasteiger partial charge in [0, 0.05) is 5.69 Å². The minimum atomic E-state index is -0.911. The van der Waals surface area contributed by atoms with E-state index in [2.05, 4.69) is 0 Å². The summed E-state index contributed by atoms with van der Waals surface area (Å²) in [5, 5.41) is 10.2. The summed E-state index contributed by atoms with van der Waals surface area (Å²) in [6, 6.07) is 12.0. The highest BCUT2D eigenvalue weighted by atomic mass is 35.5. The number of carbonyl (C=O) groups is 1. The fourth-order valence-corrected chi connectivity index (χ4v) is 2.40. The molecule has 20 heavy (non-hydrogen) atoms. The largest absolute Gasteiger partial charge is 0.481 e. The van der Waals surface area contributed by atoms with Crippen molar-refractivity contribution in [2.75, 3.05) is 5.73 Å². The SMILES string of the molecule is Nc1ccc(C(Cc2cccc(Cl)c2Cl)C(=O)O)cc1. The fourth-order valence-electron chi connectivity index (χ4n) is 2.00. The molecule has 0 saturated carbocycles. The molecule has 1 atom stereocenters. The maximum atomic E-state index is 11.5. The van der Waals surface area contributed by atoms with Crippen LogP contribution in [0.25, 0.3) is 0 Å². The van der Waals surface area contributed by atoms with E-state index in [4.69, 9.17) is 28.9 Å². The number of hydrogen-bond acceptors (Lipinski definition) is 2. The van der Waals surface area contributed by atoms with Crippen molar-refractivity contribution in [3.63, 3.8) is 0 Å². The van der Waals surface area contributed by atoms with Gasteiger partial charge in [0.2, 0.25) is 0 Å². The lowest BCUT2D eigenvalue weighted by Gasteiger charge is -2.14. The Morgan fingerprint density at radius 3 is 2.40 bits per heavy atom. The van der Waals surface area contributed by atoms with Crippen LogP contribution in [0.5, 0.6) is 0 Å². The third kappa shape index (κ3) is 3.24. The number of nitrogen functional groups attached to an aromatic ring is 1. The first-order valence-corrected chi connectivity index (χ1v) is 6.75. The number of anilines is 1. The number of carboxylic acid groups (broad SMARTS) is 1. The Morgan fingerprint density at radius 1 is 1.15 bits per heavy atom. The Balaban J connectivity index is 2.33. The average molecular weight is 310 g/mol. The van der Waals surface area contributed by atoms with Crippen LogP contribution in [0, 0.1) is 0 Å². The fraction of sp³-hybridized carbons (Fsp3) is 0.133. The summed E-state index contributed by atoms with van der Waals surface area (Å²) in [5.41, 5.74) is 7.60. The van der Waals surface area contributed by atoms with Gasteiger partial charge in [-0.2, -0.15) is 0 Å². The van der Waals surface area contributed by atoms with E-state index in [1.807, 2.05) is 0 Å². The molecule has 0 bridgehead atoms. The number of aliphatic carboxylic acids is 1. The molecule has 3 N–H and O–H groups in total. The number of halogens is 2. The summed E-state index contributed by atoms with van der Waals surface area (Å²) in [4.78, 5) is 11.5. The molecule has 0 radical (unpaired) electrons. The molecule has 0 heterocycles. The first-order chi connectivity index (χ1) is 9.49. The van der Waals surface area contributed by atoms with Gasteiger partial charge < -0.3 is 10.8 Å². The van der Waals surface area contributed by atoms with Crippen molar-refractivity contribution in [3.05, 3.63) is 63.6 Å². The van der Waals surface area contributed by atoms with E-state index < -0.39 is 11.9 Å². The van der Waals surface area contributed by atoms with Gasteiger partial charge in [-0.3, -0.25) is 4.79 Å². The van der Waals surface area contributed by atoms with Crippen LogP contribution in [0.4, 0.5) is 5.69 Å². The number of hydrogen-bond donors (Lipinski definition) is 2. The summed E-state index contributed by atoms with van der Waals surface area (Å²) in [6.07, 6.45) is 0.276. The summed E-state index contributed by atoms with van der Waals surface area (Å²) < 4.78 is 0. The molecule has 2 rings (SSSR count). The van der Waals surface area contributed by atoms with Crippen molar-refractivity contribution in [3.8, 4) is 0 Å². The normalized spacial score (nSPS) is 12.1. The number of carboxylic acids is 1. The van der Waals surface area contributed by atoms with Crippen LogP contribution in [-0.4, -0.2) is 11.1 Å². The summed E-state index contributed by atoms with van der Waals surface area (Å²) in [6.45, 7) is 0. The Morgan fingerprint density at radius 2 is 1.80 bits per heavy atom. The average Bonchev–Trinajstić information content (AvgIpc) is 2.41. The Kier molecular flexibility index (Phi) is 4.53. The van der Waals surface area contributed by atoms with E-state index in [0.29, 0.717) is 26.9 Å². The molecular weight excluding hydrogens is 297 g/mol. The van der Waals surface area contributed by atoms with Crippen molar-refractivity contribution in [2.45, 2.75) is 12.3 Å². The topological polar surface area (TPSA) is 63.3 Å². The van der Waals surface area contributed by atoms with Crippen molar-refractivity contribution >= 4 is 34.9 Å². The minimum absolute atomic E-state index is 0.276. The second-order valence-electron chi connectivity index (χ2n) is 4.47. The Bertz CT molecular complexity index is 626. The first kappa shape index (κ1) is 14.7. The second kappa shape index (κ2) is 6.16. The maximum absolute atomic E-state index is 11.5. The van der Waals surface area contributed by atoms with E-state index in [1.54, 1.807) is 42.5 Å². The molecule has 0 fully saturated rings. The molecule has 0 spiro atoms. The van der Waals surface area contributed by atoms with Gasteiger partial charge in [-0.05, 0) is 35.7 Å². The van der Waals surface area contributed by atoms with Crippen LogP contribution in [0.15, 0.2) is 42.5 Å². The molecule has 2 aromatic carbocycles. The molecule has 5 heteroatoms. The van der Waals surface area contributed by atoms with E-state index in [1.165, 1.54) is 0 Å². The quantitative estimate of drug-likeness (QED) is 0.839. The summed E-state index contributed by atoms with van der Waals surface area (Å²) in [7, 11) is 0. The van der Waals surface area contributed by atoms with Crippen molar-refractivity contribution < 1.29 is 9.90 Å². The zero-order chi connectivity index (χ0) is 14.7. The molecule has 0 aromatic heterocycles. The molecular formula is C15H13Cl2NO2. The van der Waals surface area contributed by atoms with Crippen LogP contribution in [0.2, 0.25) is 10.0 Å². The van der Waals surface area contributed by atoms with Crippen LogP contribution in [0.3, 0.4) is 0 Å². The van der Waals surface area contributed by atoms with Gasteiger partial charge in [0.15, 0.2) is 0 Å². The highest BCUT2D eigenvalue weighted by molar-refractivity contribution is 6.42. The molecule has 0 amide bonds. The Hall–Kier alpha value is -1.71. The smallest absolute Gasteiger partial charge is 0.311 e. The van der Waals surface area contributed by atoms with Gasteiger partial charge >= 0.3 is 5.97 Å². The lowest BCUT2D eigenvalue weighted by Crippen LogP contribution is -2.14. The number of benzene rings is 2. The number of rotatable bonds is 4. The summed E-state index contributed by atoms with van der Waals surface area (Å²) >= 11 is 12.1. The van der Waals surface area contributed by atoms with Crippen LogP contribution in [0.1, 0.15) is 17.0 Å². The third-order valence-corrected chi connectivity index (χ3v) is 3.95.